The fourth-order valence-electron chi connectivity index (χ4n) is 3.25. The maximum atomic E-state index is 6.10. The number of fused-ring (bicyclic) bond motifs is 2. The molecule has 0 unspecified atom stereocenters. The number of aromatic nitrogens is 1. The lowest BCUT2D eigenvalue weighted by Gasteiger charge is -2.12. The van der Waals surface area contributed by atoms with Crippen molar-refractivity contribution in [2.45, 2.75) is 33.7 Å². The van der Waals surface area contributed by atoms with Gasteiger partial charge in [0, 0.05) is 11.1 Å². The molecular formula is C19H18N2O2. The molecule has 4 rings (SSSR count). The highest BCUT2D eigenvalue weighted by Crippen LogP contribution is 2.43. The number of allylic oxidation sites excluding steroid dienone is 2. The number of ether oxygens (including phenoxy) is 1. The first-order chi connectivity index (χ1) is 11.1. The van der Waals surface area contributed by atoms with E-state index in [9.17, 15) is 0 Å². The normalized spacial score (nSPS) is 16.9. The summed E-state index contributed by atoms with van der Waals surface area (Å²) in [6.45, 7) is 6.73. The second-order valence-electron chi connectivity index (χ2n) is 6.04. The van der Waals surface area contributed by atoms with Crippen LogP contribution in [0.15, 0.2) is 56.6 Å². The summed E-state index contributed by atoms with van der Waals surface area (Å²) >= 11 is 0. The lowest BCUT2D eigenvalue weighted by Crippen LogP contribution is -2.13. The van der Waals surface area contributed by atoms with E-state index in [1.807, 2.05) is 37.3 Å². The summed E-state index contributed by atoms with van der Waals surface area (Å²) in [5.74, 6) is 2.29. The number of aryl methyl sites for hydroxylation is 1. The molecule has 0 bridgehead atoms. The zero-order valence-electron chi connectivity index (χ0n) is 13.5. The standard InChI is InChI=1S/C19H18N2O2/c1-11-9-15-17(12(11)2)19(22-14-7-5-4-6-8-14)20-10-16-18(15)13(3)21-23-16/h4-8H,9-10H2,1-3H3. The second-order valence-corrected chi connectivity index (χ2v) is 6.04. The van der Waals surface area contributed by atoms with Crippen molar-refractivity contribution in [2.75, 3.05) is 0 Å². The third kappa shape index (κ3) is 2.22. The van der Waals surface area contributed by atoms with E-state index in [0.717, 1.165) is 34.8 Å². The molecule has 2 heterocycles. The van der Waals surface area contributed by atoms with Gasteiger partial charge in [0.1, 0.15) is 12.3 Å². The third-order valence-corrected chi connectivity index (χ3v) is 4.53. The summed E-state index contributed by atoms with van der Waals surface area (Å²) in [7, 11) is 0. The van der Waals surface area contributed by atoms with Crippen molar-refractivity contribution < 1.29 is 9.26 Å². The third-order valence-electron chi connectivity index (χ3n) is 4.53. The Morgan fingerprint density at radius 1 is 1.09 bits per heavy atom. The zero-order chi connectivity index (χ0) is 16.0. The Labute approximate surface area is 135 Å². The number of benzene rings is 1. The molecule has 0 radical (unpaired) electrons. The molecule has 0 fully saturated rings. The van der Waals surface area contributed by atoms with Crippen molar-refractivity contribution >= 4 is 11.5 Å². The topological polar surface area (TPSA) is 47.6 Å². The van der Waals surface area contributed by atoms with Crippen LogP contribution in [-0.4, -0.2) is 11.1 Å². The van der Waals surface area contributed by atoms with Gasteiger partial charge in [-0.25, -0.2) is 4.99 Å². The molecule has 4 nitrogen and oxygen atoms in total. The molecule has 4 heteroatoms. The van der Waals surface area contributed by atoms with E-state index in [-0.39, 0.29) is 0 Å². The van der Waals surface area contributed by atoms with Gasteiger partial charge in [0.15, 0.2) is 5.76 Å². The van der Waals surface area contributed by atoms with E-state index in [1.54, 1.807) is 0 Å². The van der Waals surface area contributed by atoms with Gasteiger partial charge in [0.2, 0.25) is 5.90 Å². The molecule has 1 aliphatic carbocycles. The maximum absolute atomic E-state index is 6.10. The molecule has 116 valence electrons. The van der Waals surface area contributed by atoms with Gasteiger partial charge in [-0.1, -0.05) is 28.9 Å². The summed E-state index contributed by atoms with van der Waals surface area (Å²) in [6, 6.07) is 9.78. The number of aliphatic imine (C=N–C) groups is 1. The minimum Gasteiger partial charge on any atom is -0.439 e. The van der Waals surface area contributed by atoms with Crippen LogP contribution in [0, 0.1) is 6.92 Å². The van der Waals surface area contributed by atoms with Crippen LogP contribution in [0.1, 0.15) is 37.3 Å². The number of hydrogen-bond acceptors (Lipinski definition) is 4. The van der Waals surface area contributed by atoms with E-state index >= 15 is 0 Å². The zero-order valence-corrected chi connectivity index (χ0v) is 13.5. The van der Waals surface area contributed by atoms with Crippen LogP contribution >= 0.6 is 0 Å². The van der Waals surface area contributed by atoms with Crippen LogP contribution in [0.25, 0.3) is 5.57 Å². The van der Waals surface area contributed by atoms with Gasteiger partial charge >= 0.3 is 0 Å². The second kappa shape index (κ2) is 5.23. The van der Waals surface area contributed by atoms with Gasteiger partial charge in [-0.2, -0.15) is 0 Å². The number of nitrogens with zero attached hydrogens (tertiary/aromatic N) is 2. The largest absolute Gasteiger partial charge is 0.439 e. The van der Waals surface area contributed by atoms with Crippen LogP contribution in [-0.2, 0) is 6.54 Å². The molecule has 0 atom stereocenters. The van der Waals surface area contributed by atoms with Crippen LogP contribution < -0.4 is 4.74 Å². The summed E-state index contributed by atoms with van der Waals surface area (Å²) in [4.78, 5) is 4.67. The molecule has 0 saturated heterocycles. The van der Waals surface area contributed by atoms with Crippen molar-refractivity contribution in [3.63, 3.8) is 0 Å². The van der Waals surface area contributed by atoms with Crippen molar-refractivity contribution in [1.29, 1.82) is 0 Å². The molecular weight excluding hydrogens is 288 g/mol. The Morgan fingerprint density at radius 3 is 2.65 bits per heavy atom. The average molecular weight is 306 g/mol. The lowest BCUT2D eigenvalue weighted by atomic mass is 9.98. The molecule has 2 aliphatic rings. The predicted molar refractivity (Wildman–Crippen MR) is 89.4 cm³/mol. The molecule has 0 saturated carbocycles. The van der Waals surface area contributed by atoms with E-state index in [2.05, 4.69) is 24.0 Å². The Kier molecular flexibility index (Phi) is 3.18. The first kappa shape index (κ1) is 14.0. The van der Waals surface area contributed by atoms with Gasteiger partial charge in [0.05, 0.1) is 5.69 Å². The molecule has 0 spiro atoms. The Hall–Kier alpha value is -2.62. The van der Waals surface area contributed by atoms with Crippen molar-refractivity contribution in [1.82, 2.24) is 5.16 Å². The Bertz CT molecular complexity index is 870. The number of para-hydroxylation sites is 1. The minimum absolute atomic E-state index is 0.456. The van der Waals surface area contributed by atoms with Crippen molar-refractivity contribution in [3.05, 3.63) is 64.1 Å². The van der Waals surface area contributed by atoms with Gasteiger partial charge in [-0.05, 0) is 50.5 Å². The van der Waals surface area contributed by atoms with E-state index in [4.69, 9.17) is 9.26 Å². The van der Waals surface area contributed by atoms with Crippen LogP contribution in [0.3, 0.4) is 0 Å². The van der Waals surface area contributed by atoms with Gasteiger partial charge < -0.3 is 9.26 Å². The monoisotopic (exact) mass is 306 g/mol. The quantitative estimate of drug-likeness (QED) is 0.781. The summed E-state index contributed by atoms with van der Waals surface area (Å²) in [5, 5.41) is 4.12. The van der Waals surface area contributed by atoms with Crippen LogP contribution in [0.2, 0.25) is 0 Å². The molecule has 2 aromatic rings. The van der Waals surface area contributed by atoms with Gasteiger partial charge in [0.25, 0.3) is 0 Å². The van der Waals surface area contributed by atoms with Crippen molar-refractivity contribution in [3.8, 4) is 5.75 Å². The fraction of sp³-hybridized carbons (Fsp3) is 0.263. The maximum Gasteiger partial charge on any atom is 0.223 e. The number of hydrogen-bond donors (Lipinski definition) is 0. The predicted octanol–water partition coefficient (Wildman–Crippen LogP) is 4.47. The molecule has 0 N–H and O–H groups in total. The van der Waals surface area contributed by atoms with Gasteiger partial charge in [-0.3, -0.25) is 0 Å². The molecule has 0 amide bonds. The smallest absolute Gasteiger partial charge is 0.223 e. The first-order valence-corrected chi connectivity index (χ1v) is 7.78. The fourth-order valence-corrected chi connectivity index (χ4v) is 3.25. The summed E-state index contributed by atoms with van der Waals surface area (Å²) < 4.78 is 11.6. The summed E-state index contributed by atoms with van der Waals surface area (Å²) in [5.41, 5.74) is 6.92. The highest BCUT2D eigenvalue weighted by molar-refractivity contribution is 6.09. The molecule has 1 aromatic heterocycles. The highest BCUT2D eigenvalue weighted by Gasteiger charge is 2.32. The number of rotatable bonds is 1. The highest BCUT2D eigenvalue weighted by atomic mass is 16.5. The van der Waals surface area contributed by atoms with E-state index in [0.29, 0.717) is 12.4 Å². The average Bonchev–Trinajstić information content (AvgIpc) is 3.00. The minimum atomic E-state index is 0.456. The lowest BCUT2D eigenvalue weighted by molar-refractivity contribution is 0.380. The first-order valence-electron chi connectivity index (χ1n) is 7.78. The molecule has 1 aromatic carbocycles. The van der Waals surface area contributed by atoms with Crippen LogP contribution in [0.4, 0.5) is 0 Å². The van der Waals surface area contributed by atoms with E-state index < -0.39 is 0 Å². The van der Waals surface area contributed by atoms with E-state index in [1.165, 1.54) is 16.7 Å². The molecule has 1 aliphatic heterocycles. The van der Waals surface area contributed by atoms with Gasteiger partial charge in [-0.15, -0.1) is 0 Å². The van der Waals surface area contributed by atoms with Crippen LogP contribution in [0.5, 0.6) is 5.75 Å². The van der Waals surface area contributed by atoms with Crippen molar-refractivity contribution in [2.24, 2.45) is 4.99 Å². The Balaban J connectivity index is 1.84. The molecule has 23 heavy (non-hydrogen) atoms. The Morgan fingerprint density at radius 2 is 1.87 bits per heavy atom. The SMILES string of the molecule is CC1=C(C)C2=C(C1)c1c(C)noc1CN=C2Oc1ccccc1. The summed E-state index contributed by atoms with van der Waals surface area (Å²) in [6.07, 6.45) is 0.896.